The van der Waals surface area contributed by atoms with Crippen LogP contribution in [0, 0.1) is 0 Å². The molecule has 0 aromatic carbocycles. The first-order chi connectivity index (χ1) is 12.2. The first-order valence-electron chi connectivity index (χ1n) is 9.51. The number of nitrogens with one attached hydrogen (secondary N) is 1. The van der Waals surface area contributed by atoms with Crippen LogP contribution in [0.3, 0.4) is 0 Å². The highest BCUT2D eigenvalue weighted by Gasteiger charge is 2.31. The van der Waals surface area contributed by atoms with E-state index in [1.54, 1.807) is 4.90 Å². The van der Waals surface area contributed by atoms with Gasteiger partial charge in [0.05, 0.1) is 12.5 Å². The molecule has 3 N–H and O–H groups in total. The van der Waals surface area contributed by atoms with Gasteiger partial charge in [0, 0.05) is 25.3 Å². The van der Waals surface area contributed by atoms with Crippen molar-refractivity contribution in [3.05, 3.63) is 5.56 Å². The summed E-state index contributed by atoms with van der Waals surface area (Å²) in [6.45, 7) is 4.52. The predicted octanol–water partition coefficient (Wildman–Crippen LogP) is 2.51. The Hall–Kier alpha value is -1.89. The van der Waals surface area contributed by atoms with Crippen molar-refractivity contribution in [3.63, 3.8) is 0 Å². The second kappa shape index (κ2) is 8.47. The number of amides is 1. The summed E-state index contributed by atoms with van der Waals surface area (Å²) in [4.78, 5) is 23.0. The van der Waals surface area contributed by atoms with Gasteiger partial charge in [0.2, 0.25) is 11.9 Å². The van der Waals surface area contributed by atoms with Crippen molar-refractivity contribution < 1.29 is 9.53 Å². The number of ether oxygens (including phenoxy) is 1. The lowest BCUT2D eigenvalue weighted by atomic mass is 10.1. The molecule has 1 aromatic rings. The van der Waals surface area contributed by atoms with Crippen LogP contribution in [-0.2, 0) is 16.0 Å². The number of nitrogens with two attached hydrogens (primary N) is 1. The van der Waals surface area contributed by atoms with E-state index in [1.807, 2.05) is 0 Å². The lowest BCUT2D eigenvalue weighted by Crippen LogP contribution is -2.28. The van der Waals surface area contributed by atoms with Crippen molar-refractivity contribution in [1.82, 2.24) is 9.97 Å². The van der Waals surface area contributed by atoms with Crippen molar-refractivity contribution in [2.75, 3.05) is 35.6 Å². The molecular formula is C18H29N5O2. The largest absolute Gasteiger partial charge is 0.383 e. The topological polar surface area (TPSA) is 93.4 Å². The molecule has 138 valence electrons. The Morgan fingerprint density at radius 2 is 2.20 bits per heavy atom. The first-order valence-corrected chi connectivity index (χ1v) is 9.51. The molecule has 0 saturated carbocycles. The molecular weight excluding hydrogens is 318 g/mol. The zero-order valence-electron chi connectivity index (χ0n) is 15.1. The highest BCUT2D eigenvalue weighted by molar-refractivity contribution is 6.01. The summed E-state index contributed by atoms with van der Waals surface area (Å²) in [6.07, 6.45) is 8.30. The molecule has 2 aliphatic heterocycles. The molecule has 1 unspecified atom stereocenters. The van der Waals surface area contributed by atoms with Gasteiger partial charge >= 0.3 is 0 Å². The van der Waals surface area contributed by atoms with E-state index in [2.05, 4.69) is 22.2 Å². The maximum atomic E-state index is 12.4. The van der Waals surface area contributed by atoms with Gasteiger partial charge in [0.1, 0.15) is 11.6 Å². The molecule has 3 rings (SSSR count). The van der Waals surface area contributed by atoms with E-state index in [4.69, 9.17) is 10.5 Å². The maximum absolute atomic E-state index is 12.4. The van der Waals surface area contributed by atoms with Gasteiger partial charge in [-0.25, -0.2) is 0 Å². The summed E-state index contributed by atoms with van der Waals surface area (Å²) in [6, 6.07) is 0. The number of rotatable bonds is 9. The highest BCUT2D eigenvalue weighted by Crippen LogP contribution is 2.31. The molecule has 0 radical (unpaired) electrons. The molecule has 0 bridgehead atoms. The average molecular weight is 347 g/mol. The van der Waals surface area contributed by atoms with Crippen LogP contribution in [0.2, 0.25) is 0 Å². The second-order valence-electron chi connectivity index (χ2n) is 6.87. The Labute approximate surface area is 149 Å². The molecule has 1 amide bonds. The standard InChI is InChI=1S/C18H29N5O2/c1-2-3-9-20-18-21-16(19)14-12-15(24)23(17(14)22-18)10-5-4-7-13-8-6-11-25-13/h13H,2-12H2,1H3,(H3,19,20,21,22). The fourth-order valence-electron chi connectivity index (χ4n) is 3.45. The SMILES string of the molecule is CCCCNc1nc(N)c2c(n1)N(CCCCC1CCCO1)C(=O)C2. The third kappa shape index (κ3) is 4.39. The van der Waals surface area contributed by atoms with Crippen LogP contribution < -0.4 is 16.0 Å². The molecule has 1 saturated heterocycles. The minimum atomic E-state index is 0.0684. The van der Waals surface area contributed by atoms with E-state index in [1.165, 1.54) is 12.8 Å². The second-order valence-corrected chi connectivity index (χ2v) is 6.87. The van der Waals surface area contributed by atoms with Crippen LogP contribution in [0.4, 0.5) is 17.6 Å². The first kappa shape index (κ1) is 17.9. The number of carbonyl (C=O) groups is 1. The van der Waals surface area contributed by atoms with Gasteiger partial charge in [-0.2, -0.15) is 9.97 Å². The molecule has 25 heavy (non-hydrogen) atoms. The van der Waals surface area contributed by atoms with Crippen LogP contribution in [0.15, 0.2) is 0 Å². The summed E-state index contributed by atoms with van der Waals surface area (Å²) in [5, 5.41) is 3.20. The number of carbonyl (C=O) groups excluding carboxylic acids is 1. The Balaban J connectivity index is 1.58. The number of hydrogen-bond donors (Lipinski definition) is 2. The molecule has 1 fully saturated rings. The predicted molar refractivity (Wildman–Crippen MR) is 98.7 cm³/mol. The number of nitrogens with zero attached hydrogens (tertiary/aromatic N) is 3. The molecule has 1 atom stereocenters. The smallest absolute Gasteiger partial charge is 0.232 e. The molecule has 3 heterocycles. The van der Waals surface area contributed by atoms with Crippen molar-refractivity contribution in [3.8, 4) is 0 Å². The van der Waals surface area contributed by atoms with Crippen LogP contribution in [0.25, 0.3) is 0 Å². The Morgan fingerprint density at radius 1 is 1.32 bits per heavy atom. The van der Waals surface area contributed by atoms with Crippen molar-refractivity contribution in [2.24, 2.45) is 0 Å². The van der Waals surface area contributed by atoms with E-state index >= 15 is 0 Å². The summed E-state index contributed by atoms with van der Waals surface area (Å²) in [7, 11) is 0. The molecule has 2 aliphatic rings. The summed E-state index contributed by atoms with van der Waals surface area (Å²) in [5.41, 5.74) is 6.82. The van der Waals surface area contributed by atoms with Gasteiger partial charge in [-0.05, 0) is 38.5 Å². The number of aromatic nitrogens is 2. The average Bonchev–Trinajstić information content (AvgIpc) is 3.21. The minimum absolute atomic E-state index is 0.0684. The van der Waals surface area contributed by atoms with E-state index in [-0.39, 0.29) is 5.91 Å². The van der Waals surface area contributed by atoms with Crippen LogP contribution in [0.1, 0.15) is 57.4 Å². The lowest BCUT2D eigenvalue weighted by molar-refractivity contribution is -0.117. The quantitative estimate of drug-likeness (QED) is 0.667. The number of fused-ring (bicyclic) bond motifs is 1. The third-order valence-corrected chi connectivity index (χ3v) is 4.90. The van der Waals surface area contributed by atoms with Gasteiger partial charge in [0.15, 0.2) is 0 Å². The Kier molecular flexibility index (Phi) is 6.07. The Bertz CT molecular complexity index is 601. The van der Waals surface area contributed by atoms with Crippen LogP contribution in [0.5, 0.6) is 0 Å². The van der Waals surface area contributed by atoms with Crippen LogP contribution in [-0.4, -0.2) is 41.7 Å². The third-order valence-electron chi connectivity index (χ3n) is 4.90. The van der Waals surface area contributed by atoms with Crippen molar-refractivity contribution in [1.29, 1.82) is 0 Å². The minimum Gasteiger partial charge on any atom is -0.383 e. The Morgan fingerprint density at radius 3 is 2.96 bits per heavy atom. The van der Waals surface area contributed by atoms with E-state index < -0.39 is 0 Å². The van der Waals surface area contributed by atoms with Gasteiger partial charge in [-0.1, -0.05) is 13.3 Å². The van der Waals surface area contributed by atoms with E-state index in [0.717, 1.165) is 50.8 Å². The fourth-order valence-corrected chi connectivity index (χ4v) is 3.45. The van der Waals surface area contributed by atoms with Gasteiger partial charge in [-0.15, -0.1) is 0 Å². The highest BCUT2D eigenvalue weighted by atomic mass is 16.5. The van der Waals surface area contributed by atoms with Gasteiger partial charge < -0.3 is 15.8 Å². The van der Waals surface area contributed by atoms with Gasteiger partial charge in [-0.3, -0.25) is 9.69 Å². The number of nitrogen functional groups attached to an aromatic ring is 1. The molecule has 7 nitrogen and oxygen atoms in total. The fraction of sp³-hybridized carbons (Fsp3) is 0.722. The number of unbranched alkanes of at least 4 members (excludes halogenated alkanes) is 2. The normalized spacial score (nSPS) is 19.5. The van der Waals surface area contributed by atoms with E-state index in [0.29, 0.717) is 36.7 Å². The molecule has 0 aliphatic carbocycles. The summed E-state index contributed by atoms with van der Waals surface area (Å²) >= 11 is 0. The van der Waals surface area contributed by atoms with Crippen LogP contribution >= 0.6 is 0 Å². The van der Waals surface area contributed by atoms with Crippen molar-refractivity contribution in [2.45, 2.75) is 64.4 Å². The van der Waals surface area contributed by atoms with Gasteiger partial charge in [0.25, 0.3) is 0 Å². The number of anilines is 3. The summed E-state index contributed by atoms with van der Waals surface area (Å²) in [5.74, 6) is 1.69. The van der Waals surface area contributed by atoms with Crippen molar-refractivity contribution >= 4 is 23.5 Å². The van der Waals surface area contributed by atoms with E-state index in [9.17, 15) is 4.79 Å². The lowest BCUT2D eigenvalue weighted by Gasteiger charge is -2.18. The maximum Gasteiger partial charge on any atom is 0.232 e. The molecule has 1 aromatic heterocycles. The number of hydrogen-bond acceptors (Lipinski definition) is 6. The monoisotopic (exact) mass is 347 g/mol. The molecule has 0 spiro atoms. The summed E-state index contributed by atoms with van der Waals surface area (Å²) < 4.78 is 5.65. The zero-order valence-corrected chi connectivity index (χ0v) is 15.1. The zero-order chi connectivity index (χ0) is 17.6. The molecule has 7 heteroatoms.